The van der Waals surface area contributed by atoms with E-state index in [4.69, 9.17) is 21.5 Å². The van der Waals surface area contributed by atoms with Crippen LogP contribution < -0.4 is 5.48 Å². The summed E-state index contributed by atoms with van der Waals surface area (Å²) in [6.07, 6.45) is 0.0983. The molecule has 0 aliphatic carbocycles. The number of methoxy groups -OCH3 is 1. The molecule has 0 heterocycles. The number of benzene rings is 2. The molecule has 0 bridgehead atoms. The Morgan fingerprint density at radius 1 is 1.20 bits per heavy atom. The van der Waals surface area contributed by atoms with E-state index in [9.17, 15) is 9.18 Å². The molecule has 0 fully saturated rings. The monoisotopic (exact) mass is 390 g/mol. The average molecular weight is 391 g/mol. The second-order valence-electron chi connectivity index (χ2n) is 5.50. The van der Waals surface area contributed by atoms with Crippen LogP contribution in [-0.2, 0) is 16.0 Å². The van der Waals surface area contributed by atoms with Crippen LogP contribution >= 0.6 is 11.6 Å². The fourth-order valence-corrected chi connectivity index (χ4v) is 2.79. The maximum atomic E-state index is 13.2. The summed E-state index contributed by atoms with van der Waals surface area (Å²) in [5, 5.41) is 9.41. The minimum Gasteiger partial charge on any atom is -0.380 e. The third kappa shape index (κ3) is 7.07. The Morgan fingerprint density at radius 2 is 1.80 bits per heavy atom. The molecule has 0 saturated carbocycles. The largest absolute Gasteiger partial charge is 0.380 e. The van der Waals surface area contributed by atoms with Crippen LogP contribution in [0.1, 0.15) is 23.5 Å². The number of carbonyl (C=O) groups is 1. The Bertz CT molecular complexity index is 667. The zero-order chi connectivity index (χ0) is 17.5. The van der Waals surface area contributed by atoms with Crippen LogP contribution in [0.4, 0.5) is 4.39 Å². The Hall–Kier alpha value is -0.314. The number of ether oxygens (including phenoxy) is 1. The van der Waals surface area contributed by atoms with Gasteiger partial charge in [-0.2, -0.15) is 0 Å². The summed E-state index contributed by atoms with van der Waals surface area (Å²) in [6.45, 7) is 0. The first kappa shape index (κ1) is 22.7. The van der Waals surface area contributed by atoms with Gasteiger partial charge < -0.3 is 4.74 Å². The number of rotatable bonds is 7. The van der Waals surface area contributed by atoms with Crippen molar-refractivity contribution >= 4 is 68.9 Å². The topological polar surface area (TPSA) is 58.6 Å². The predicted molar refractivity (Wildman–Crippen MR) is 95.4 cm³/mol. The Balaban J connectivity index is 0.00000312. The van der Waals surface area contributed by atoms with Gasteiger partial charge in [-0.15, -0.1) is 0 Å². The minimum absolute atomic E-state index is 0. The van der Waals surface area contributed by atoms with E-state index in [2.05, 4.69) is 0 Å². The molecule has 0 aliphatic rings. The first-order valence-corrected chi connectivity index (χ1v) is 7.87. The molecule has 0 aromatic heterocycles. The SMILES string of the molecule is CO[C@H](CC(=O)NO)[C@H](Cc1ccc(Cl)cc1)c1ccc(F)cc1.[K]. The van der Waals surface area contributed by atoms with Crippen molar-refractivity contribution in [2.45, 2.75) is 24.9 Å². The molecular weight excluding hydrogens is 372 g/mol. The predicted octanol–water partition coefficient (Wildman–Crippen LogP) is 3.34. The van der Waals surface area contributed by atoms with E-state index in [-0.39, 0.29) is 69.5 Å². The van der Waals surface area contributed by atoms with Gasteiger partial charge >= 0.3 is 0 Å². The second-order valence-corrected chi connectivity index (χ2v) is 5.94. The molecule has 2 atom stereocenters. The first-order chi connectivity index (χ1) is 11.5. The fourth-order valence-electron chi connectivity index (χ4n) is 2.67. The number of halogens is 2. The summed E-state index contributed by atoms with van der Waals surface area (Å²) in [6, 6.07) is 13.5. The van der Waals surface area contributed by atoms with E-state index >= 15 is 0 Å². The van der Waals surface area contributed by atoms with E-state index in [1.54, 1.807) is 29.7 Å². The van der Waals surface area contributed by atoms with Crippen molar-refractivity contribution in [1.29, 1.82) is 0 Å². The summed E-state index contributed by atoms with van der Waals surface area (Å²) >= 11 is 5.91. The first-order valence-electron chi connectivity index (χ1n) is 7.49. The maximum Gasteiger partial charge on any atom is 0.245 e. The van der Waals surface area contributed by atoms with E-state index in [0.717, 1.165) is 11.1 Å². The van der Waals surface area contributed by atoms with Gasteiger partial charge in [-0.05, 0) is 41.8 Å². The molecule has 0 spiro atoms. The molecular formula is C18H19ClFKNO3. The van der Waals surface area contributed by atoms with Gasteiger partial charge in [0.05, 0.1) is 12.5 Å². The van der Waals surface area contributed by atoms with Crippen molar-refractivity contribution in [3.63, 3.8) is 0 Å². The van der Waals surface area contributed by atoms with E-state index in [1.807, 2.05) is 12.1 Å². The average Bonchev–Trinajstić information content (AvgIpc) is 2.60. The van der Waals surface area contributed by atoms with Gasteiger partial charge in [0, 0.05) is 69.4 Å². The third-order valence-electron chi connectivity index (χ3n) is 3.93. The van der Waals surface area contributed by atoms with Crippen LogP contribution in [0.15, 0.2) is 48.5 Å². The standard InChI is InChI=1S/C18H19ClFNO3.K/c1-24-17(11-18(22)21-23)16(13-4-8-15(20)9-5-13)10-12-2-6-14(19)7-3-12;/h2-9,16-17,23H,10-11H2,1H3,(H,21,22);/t16-,17-;/m1./s1. The number of hydroxylamine groups is 1. The van der Waals surface area contributed by atoms with Crippen molar-refractivity contribution in [1.82, 2.24) is 5.48 Å². The maximum absolute atomic E-state index is 13.2. The van der Waals surface area contributed by atoms with Crippen LogP contribution in [0, 0.1) is 5.82 Å². The smallest absolute Gasteiger partial charge is 0.245 e. The molecule has 1 radical (unpaired) electrons. The van der Waals surface area contributed by atoms with Gasteiger partial charge in [0.25, 0.3) is 0 Å². The Kier molecular flexibility index (Phi) is 10.4. The summed E-state index contributed by atoms with van der Waals surface area (Å²) < 4.78 is 18.7. The zero-order valence-corrected chi connectivity index (χ0v) is 18.1. The third-order valence-corrected chi connectivity index (χ3v) is 4.18. The molecule has 2 aromatic rings. The van der Waals surface area contributed by atoms with Gasteiger partial charge in [0.2, 0.25) is 5.91 Å². The van der Waals surface area contributed by atoms with Crippen molar-refractivity contribution < 1.29 is 19.1 Å². The number of amides is 1. The Labute approximate surface area is 194 Å². The van der Waals surface area contributed by atoms with Crippen molar-refractivity contribution in [2.24, 2.45) is 0 Å². The fraction of sp³-hybridized carbons (Fsp3) is 0.278. The van der Waals surface area contributed by atoms with Gasteiger partial charge in [-0.1, -0.05) is 35.9 Å². The molecule has 2 aromatic carbocycles. The molecule has 4 nitrogen and oxygen atoms in total. The van der Waals surface area contributed by atoms with Crippen molar-refractivity contribution in [2.75, 3.05) is 7.11 Å². The second kappa shape index (κ2) is 11.4. The normalized spacial score (nSPS) is 12.8. The van der Waals surface area contributed by atoms with Crippen LogP contribution in [0.5, 0.6) is 0 Å². The number of nitrogens with one attached hydrogen (secondary N) is 1. The van der Waals surface area contributed by atoms with Crippen molar-refractivity contribution in [3.05, 3.63) is 70.5 Å². The van der Waals surface area contributed by atoms with Crippen LogP contribution in [0.3, 0.4) is 0 Å². The number of carbonyl (C=O) groups excluding carboxylic acids is 1. The van der Waals surface area contributed by atoms with E-state index in [0.29, 0.717) is 11.4 Å². The van der Waals surface area contributed by atoms with Gasteiger partial charge in [-0.3, -0.25) is 10.0 Å². The summed E-state index contributed by atoms with van der Waals surface area (Å²) in [5.41, 5.74) is 3.49. The number of hydrogen-bond donors (Lipinski definition) is 2. The molecule has 7 heteroatoms. The molecule has 2 N–H and O–H groups in total. The molecule has 2 rings (SSSR count). The number of hydrogen-bond acceptors (Lipinski definition) is 3. The summed E-state index contributed by atoms with van der Waals surface area (Å²) in [4.78, 5) is 11.5. The minimum atomic E-state index is -0.537. The van der Waals surface area contributed by atoms with Gasteiger partial charge in [0.15, 0.2) is 0 Å². The molecule has 0 saturated heterocycles. The quantitative estimate of drug-likeness (QED) is 0.433. The van der Waals surface area contributed by atoms with E-state index < -0.39 is 12.0 Å². The molecule has 25 heavy (non-hydrogen) atoms. The van der Waals surface area contributed by atoms with E-state index in [1.165, 1.54) is 19.2 Å². The van der Waals surface area contributed by atoms with Crippen LogP contribution in [0.2, 0.25) is 5.02 Å². The Morgan fingerprint density at radius 3 is 2.32 bits per heavy atom. The van der Waals surface area contributed by atoms with Crippen LogP contribution in [-0.4, -0.2) is 75.7 Å². The van der Waals surface area contributed by atoms with Crippen LogP contribution in [0.25, 0.3) is 0 Å². The molecule has 0 unspecified atom stereocenters. The van der Waals surface area contributed by atoms with Crippen molar-refractivity contribution in [3.8, 4) is 0 Å². The summed E-state index contributed by atoms with van der Waals surface area (Å²) in [5.74, 6) is -1.05. The summed E-state index contributed by atoms with van der Waals surface area (Å²) in [7, 11) is 1.51. The van der Waals surface area contributed by atoms with Gasteiger partial charge in [-0.25, -0.2) is 9.87 Å². The zero-order valence-electron chi connectivity index (χ0n) is 14.2. The van der Waals surface area contributed by atoms with Gasteiger partial charge in [0.1, 0.15) is 5.82 Å². The molecule has 0 aliphatic heterocycles. The molecule has 1 amide bonds. The molecule has 129 valence electrons.